The Labute approximate surface area is 133 Å². The number of furan rings is 1. The predicted molar refractivity (Wildman–Crippen MR) is 84.4 cm³/mol. The van der Waals surface area contributed by atoms with Gasteiger partial charge in [0.15, 0.2) is 17.1 Å². The second-order valence-electron chi connectivity index (χ2n) is 6.59. The molecule has 0 radical (unpaired) electrons. The number of rotatable bonds is 3. The maximum Gasteiger partial charge on any atom is 0.270 e. The van der Waals surface area contributed by atoms with Crippen LogP contribution in [0.1, 0.15) is 40.8 Å². The fourth-order valence-corrected chi connectivity index (χ4v) is 3.67. The van der Waals surface area contributed by atoms with Crippen LogP contribution < -0.4 is 5.32 Å². The molecule has 2 bridgehead atoms. The minimum Gasteiger partial charge on any atom is -0.451 e. The molecular formula is C17H19N3O3. The van der Waals surface area contributed by atoms with Gasteiger partial charge in [-0.2, -0.15) is 0 Å². The van der Waals surface area contributed by atoms with E-state index in [0.29, 0.717) is 17.2 Å². The van der Waals surface area contributed by atoms with Crippen LogP contribution in [0.3, 0.4) is 0 Å². The topological polar surface area (TPSA) is 75.4 Å². The van der Waals surface area contributed by atoms with E-state index in [0.717, 1.165) is 24.9 Å². The van der Waals surface area contributed by atoms with Crippen LogP contribution in [0, 0.1) is 5.92 Å². The summed E-state index contributed by atoms with van der Waals surface area (Å²) in [6.45, 7) is 4.68. The first-order valence-electron chi connectivity index (χ1n) is 8.02. The molecule has 0 saturated carbocycles. The molecule has 2 aliphatic rings. The van der Waals surface area contributed by atoms with Crippen molar-refractivity contribution in [2.45, 2.75) is 25.8 Å². The summed E-state index contributed by atoms with van der Waals surface area (Å²) in [7, 11) is 0. The van der Waals surface area contributed by atoms with Gasteiger partial charge in [-0.1, -0.05) is 0 Å². The lowest BCUT2D eigenvalue weighted by Gasteiger charge is -2.30. The predicted octanol–water partition coefficient (Wildman–Crippen LogP) is 1.85. The van der Waals surface area contributed by atoms with Crippen LogP contribution in [0.4, 0.5) is 0 Å². The fourth-order valence-electron chi connectivity index (χ4n) is 3.67. The monoisotopic (exact) mass is 313 g/mol. The number of nitrogens with zero attached hydrogens (tertiary/aromatic N) is 2. The Hall–Kier alpha value is -2.21. The first-order chi connectivity index (χ1) is 11.1. The number of fused-ring (bicyclic) bond motifs is 3. The highest BCUT2D eigenvalue weighted by molar-refractivity contribution is 5.99. The number of pyridine rings is 1. The number of carbonyl (C=O) groups is 2. The van der Waals surface area contributed by atoms with Crippen LogP contribution in [0.15, 0.2) is 22.7 Å². The highest BCUT2D eigenvalue weighted by Gasteiger charge is 2.33. The van der Waals surface area contributed by atoms with Crippen molar-refractivity contribution >= 4 is 22.7 Å². The molecule has 4 heterocycles. The van der Waals surface area contributed by atoms with E-state index >= 15 is 0 Å². The Morgan fingerprint density at radius 2 is 2.22 bits per heavy atom. The van der Waals surface area contributed by atoms with Gasteiger partial charge in [-0.3, -0.25) is 9.59 Å². The smallest absolute Gasteiger partial charge is 0.270 e. The van der Waals surface area contributed by atoms with Gasteiger partial charge in [0, 0.05) is 31.4 Å². The molecule has 2 aliphatic heterocycles. The third-order valence-corrected chi connectivity index (χ3v) is 4.79. The molecule has 2 fully saturated rings. The Morgan fingerprint density at radius 3 is 3.00 bits per heavy atom. The summed E-state index contributed by atoms with van der Waals surface area (Å²) in [6, 6.07) is 3.53. The van der Waals surface area contributed by atoms with E-state index in [4.69, 9.17) is 4.42 Å². The summed E-state index contributed by atoms with van der Waals surface area (Å²) in [5.41, 5.74) is 0.884. The summed E-state index contributed by atoms with van der Waals surface area (Å²) >= 11 is 0. The van der Waals surface area contributed by atoms with Gasteiger partial charge in [-0.05, 0) is 37.4 Å². The van der Waals surface area contributed by atoms with Gasteiger partial charge in [-0.15, -0.1) is 0 Å². The van der Waals surface area contributed by atoms with Gasteiger partial charge in [-0.25, -0.2) is 4.98 Å². The number of carbonyl (C=O) groups excluding carboxylic acids is 2. The van der Waals surface area contributed by atoms with Crippen molar-refractivity contribution in [2.24, 2.45) is 5.92 Å². The van der Waals surface area contributed by atoms with Crippen molar-refractivity contribution in [1.82, 2.24) is 15.2 Å². The largest absolute Gasteiger partial charge is 0.451 e. The molecule has 6 nitrogen and oxygen atoms in total. The number of ketones is 1. The number of hydrogen-bond donors (Lipinski definition) is 1. The number of hydrogen-bond acceptors (Lipinski definition) is 5. The Kier molecular flexibility index (Phi) is 3.41. The molecule has 1 amide bonds. The van der Waals surface area contributed by atoms with E-state index in [1.54, 1.807) is 12.1 Å². The van der Waals surface area contributed by atoms with Gasteiger partial charge in [0.05, 0.1) is 6.20 Å². The zero-order chi connectivity index (χ0) is 16.0. The molecular weight excluding hydrogens is 294 g/mol. The minimum atomic E-state index is -0.162. The summed E-state index contributed by atoms with van der Waals surface area (Å²) < 4.78 is 5.40. The molecule has 0 spiro atoms. The quantitative estimate of drug-likeness (QED) is 0.875. The summed E-state index contributed by atoms with van der Waals surface area (Å²) in [4.78, 5) is 30.4. The highest BCUT2D eigenvalue weighted by Crippen LogP contribution is 2.27. The first kappa shape index (κ1) is 14.4. The third kappa shape index (κ3) is 2.74. The summed E-state index contributed by atoms with van der Waals surface area (Å²) in [5, 5.41) is 3.81. The second-order valence-corrected chi connectivity index (χ2v) is 6.59. The van der Waals surface area contributed by atoms with E-state index in [-0.39, 0.29) is 23.5 Å². The van der Waals surface area contributed by atoms with Crippen LogP contribution in [0.25, 0.3) is 11.0 Å². The second kappa shape index (κ2) is 5.45. The molecule has 2 aromatic rings. The standard InChI is InChI=1S/C17H19N3O3/c1-10(21)15-6-12-5-14(18-7-16(12)23-15)17(22)19-13-4-11-2-3-20(8-11)9-13/h5-7,11,13H,2-4,8-9H2,1H3,(H,19,22)/t11-,13+/m0/s1. The Balaban J connectivity index is 1.51. The average Bonchev–Trinajstić information content (AvgIpc) is 3.09. The maximum absolute atomic E-state index is 12.4. The number of amides is 1. The van der Waals surface area contributed by atoms with E-state index in [2.05, 4.69) is 15.2 Å². The van der Waals surface area contributed by atoms with Gasteiger partial charge in [0.2, 0.25) is 0 Å². The van der Waals surface area contributed by atoms with Crippen molar-refractivity contribution in [2.75, 3.05) is 19.6 Å². The van der Waals surface area contributed by atoms with E-state index < -0.39 is 0 Å². The zero-order valence-electron chi connectivity index (χ0n) is 13.0. The Bertz CT molecular complexity index is 770. The number of aromatic nitrogens is 1. The lowest BCUT2D eigenvalue weighted by molar-refractivity contribution is 0.0903. The number of piperidine rings is 1. The van der Waals surface area contributed by atoms with Crippen LogP contribution in [0.2, 0.25) is 0 Å². The van der Waals surface area contributed by atoms with Crippen LogP contribution in [-0.2, 0) is 0 Å². The van der Waals surface area contributed by atoms with Crippen LogP contribution in [-0.4, -0.2) is 47.3 Å². The highest BCUT2D eigenvalue weighted by atomic mass is 16.3. The molecule has 1 unspecified atom stereocenters. The summed E-state index contributed by atoms with van der Waals surface area (Å²) in [6.07, 6.45) is 3.79. The Morgan fingerprint density at radius 1 is 1.35 bits per heavy atom. The molecule has 2 saturated heterocycles. The van der Waals surface area contributed by atoms with Crippen molar-refractivity contribution in [3.05, 3.63) is 29.8 Å². The van der Waals surface area contributed by atoms with E-state index in [1.165, 1.54) is 26.1 Å². The molecule has 23 heavy (non-hydrogen) atoms. The third-order valence-electron chi connectivity index (χ3n) is 4.79. The van der Waals surface area contributed by atoms with E-state index in [9.17, 15) is 9.59 Å². The van der Waals surface area contributed by atoms with Crippen LogP contribution >= 0.6 is 0 Å². The lowest BCUT2D eigenvalue weighted by atomic mass is 9.97. The SMILES string of the molecule is CC(=O)c1cc2cc(C(=O)N[C@@H]3C[C@@H]4CCN(C4)C3)ncc2o1. The van der Waals surface area contributed by atoms with Gasteiger partial charge < -0.3 is 14.6 Å². The molecule has 0 aliphatic carbocycles. The summed E-state index contributed by atoms with van der Waals surface area (Å²) in [5.74, 6) is 0.691. The number of nitrogens with one attached hydrogen (secondary N) is 1. The molecule has 4 rings (SSSR count). The van der Waals surface area contributed by atoms with Gasteiger partial charge >= 0.3 is 0 Å². The van der Waals surface area contributed by atoms with Crippen molar-refractivity contribution in [1.29, 1.82) is 0 Å². The molecule has 1 N–H and O–H groups in total. The van der Waals surface area contributed by atoms with Gasteiger partial charge in [0.1, 0.15) is 5.69 Å². The molecule has 6 heteroatoms. The first-order valence-corrected chi connectivity index (χ1v) is 8.02. The molecule has 0 aromatic carbocycles. The van der Waals surface area contributed by atoms with Crippen molar-refractivity contribution in [3.63, 3.8) is 0 Å². The molecule has 120 valence electrons. The van der Waals surface area contributed by atoms with Crippen molar-refractivity contribution in [3.8, 4) is 0 Å². The van der Waals surface area contributed by atoms with Crippen molar-refractivity contribution < 1.29 is 14.0 Å². The average molecular weight is 313 g/mol. The molecule has 3 atom stereocenters. The minimum absolute atomic E-state index is 0.140. The molecule has 2 aromatic heterocycles. The van der Waals surface area contributed by atoms with Crippen LogP contribution in [0.5, 0.6) is 0 Å². The fraction of sp³-hybridized carbons (Fsp3) is 0.471. The van der Waals surface area contributed by atoms with E-state index in [1.807, 2.05) is 0 Å². The number of Topliss-reactive ketones (excluding diaryl/α,β-unsaturated/α-hetero) is 1. The zero-order valence-corrected chi connectivity index (χ0v) is 13.0. The maximum atomic E-state index is 12.4. The lowest BCUT2D eigenvalue weighted by Crippen LogP contribution is -2.47. The normalized spacial score (nSPS) is 26.4. The van der Waals surface area contributed by atoms with Gasteiger partial charge in [0.25, 0.3) is 5.91 Å².